The number of ether oxygens (including phenoxy) is 2. The number of hydrogen-bond donors (Lipinski definition) is 3. The highest BCUT2D eigenvalue weighted by molar-refractivity contribution is 7.21. The summed E-state index contributed by atoms with van der Waals surface area (Å²) in [6.45, 7) is 7.69. The smallest absolute Gasteiger partial charge is 0.263 e. The van der Waals surface area contributed by atoms with Crippen LogP contribution < -0.4 is 21.7 Å². The number of anilines is 2. The molecule has 1 aliphatic carbocycles. The molecular weight excluding hydrogens is 490 g/mol. The van der Waals surface area contributed by atoms with E-state index in [0.717, 1.165) is 52.2 Å². The molecule has 198 valence electrons. The number of nitrogens with zero attached hydrogens (tertiary/aromatic N) is 4. The highest BCUT2D eigenvalue weighted by Gasteiger charge is 2.33. The Balaban J connectivity index is 1.24. The van der Waals surface area contributed by atoms with Crippen molar-refractivity contribution in [3.05, 3.63) is 39.8 Å². The van der Waals surface area contributed by atoms with Gasteiger partial charge in [-0.25, -0.2) is 15.0 Å². The Morgan fingerprint density at radius 2 is 2.08 bits per heavy atom. The number of carbonyl (C=O) groups is 1. The molecule has 0 bridgehead atoms. The molecule has 1 aliphatic heterocycles. The van der Waals surface area contributed by atoms with E-state index in [0.29, 0.717) is 36.1 Å². The lowest BCUT2D eigenvalue weighted by atomic mass is 9.91. The average Bonchev–Trinajstić information content (AvgIpc) is 3.38. The topological polar surface area (TPSA) is 142 Å². The number of thiophene rings is 1. The third-order valence-electron chi connectivity index (χ3n) is 7.11. The van der Waals surface area contributed by atoms with E-state index in [1.807, 2.05) is 26.8 Å². The molecular formula is C26H35N7O3S. The molecule has 3 aromatic heterocycles. The van der Waals surface area contributed by atoms with Gasteiger partial charge in [0, 0.05) is 31.9 Å². The van der Waals surface area contributed by atoms with Crippen LogP contribution in [0, 0.1) is 13.8 Å². The fourth-order valence-electron chi connectivity index (χ4n) is 5.35. The standard InChI is InChI=1S/C26H35N7O3S/c1-13(12-35-4)36-20-11-33(10-18(20)27)21-8-5-16-9-17(6-7-19(16)32-21)31-25(34)24-23(28)22-14(2)29-15(3)30-26(22)37-24/h5,8,13,17-18,20H,6-7,9-12,27-28H2,1-4H3,(H,31,34). The number of fused-ring (bicyclic) bond motifs is 2. The first kappa shape index (κ1) is 25.8. The van der Waals surface area contributed by atoms with Crippen molar-refractivity contribution in [1.82, 2.24) is 20.3 Å². The molecule has 10 nitrogen and oxygen atoms in total. The second-order valence-corrected chi connectivity index (χ2v) is 11.1. The molecule has 4 unspecified atom stereocenters. The van der Waals surface area contributed by atoms with Gasteiger partial charge in [0.15, 0.2) is 0 Å². The number of rotatable bonds is 7. The van der Waals surface area contributed by atoms with E-state index in [1.165, 1.54) is 11.3 Å². The number of amides is 1. The molecule has 5 N–H and O–H groups in total. The van der Waals surface area contributed by atoms with Gasteiger partial charge in [-0.2, -0.15) is 0 Å². The van der Waals surface area contributed by atoms with Gasteiger partial charge >= 0.3 is 0 Å². The van der Waals surface area contributed by atoms with Crippen LogP contribution in [0.15, 0.2) is 12.1 Å². The first-order chi connectivity index (χ1) is 17.7. The van der Waals surface area contributed by atoms with Gasteiger partial charge in [0.05, 0.1) is 41.6 Å². The van der Waals surface area contributed by atoms with E-state index in [1.54, 1.807) is 7.11 Å². The van der Waals surface area contributed by atoms with Crippen LogP contribution >= 0.6 is 11.3 Å². The van der Waals surface area contributed by atoms with E-state index in [9.17, 15) is 4.79 Å². The van der Waals surface area contributed by atoms with Gasteiger partial charge in [-0.1, -0.05) is 6.07 Å². The third-order valence-corrected chi connectivity index (χ3v) is 8.21. The summed E-state index contributed by atoms with van der Waals surface area (Å²) in [7, 11) is 1.67. The average molecular weight is 526 g/mol. The molecule has 4 heterocycles. The maximum atomic E-state index is 13.1. The second kappa shape index (κ2) is 10.5. The summed E-state index contributed by atoms with van der Waals surface area (Å²) in [4.78, 5) is 30.4. The van der Waals surface area contributed by atoms with Crippen molar-refractivity contribution in [2.45, 2.75) is 64.3 Å². The molecule has 2 aliphatic rings. The monoisotopic (exact) mass is 525 g/mol. The van der Waals surface area contributed by atoms with Crippen LogP contribution in [0.25, 0.3) is 10.2 Å². The van der Waals surface area contributed by atoms with Crippen LogP contribution in [-0.4, -0.2) is 72.0 Å². The number of aryl methyl sites for hydroxylation is 3. The van der Waals surface area contributed by atoms with Crippen molar-refractivity contribution < 1.29 is 14.3 Å². The predicted octanol–water partition coefficient (Wildman–Crippen LogP) is 2.14. The van der Waals surface area contributed by atoms with E-state index < -0.39 is 0 Å². The summed E-state index contributed by atoms with van der Waals surface area (Å²) in [5.74, 6) is 1.44. The largest absolute Gasteiger partial charge is 0.397 e. The minimum absolute atomic E-state index is 0.00591. The van der Waals surface area contributed by atoms with Crippen LogP contribution in [-0.2, 0) is 22.3 Å². The van der Waals surface area contributed by atoms with Crippen LogP contribution in [0.2, 0.25) is 0 Å². The van der Waals surface area contributed by atoms with Crippen molar-refractivity contribution in [1.29, 1.82) is 0 Å². The number of nitrogens with two attached hydrogens (primary N) is 2. The van der Waals surface area contributed by atoms with Gasteiger partial charge in [-0.3, -0.25) is 4.79 Å². The molecule has 0 saturated carbocycles. The number of carbonyl (C=O) groups excluding carboxylic acids is 1. The number of methoxy groups -OCH3 is 1. The molecule has 37 heavy (non-hydrogen) atoms. The van der Waals surface area contributed by atoms with Crippen molar-refractivity contribution >= 4 is 39.0 Å². The first-order valence-electron chi connectivity index (χ1n) is 12.7. The van der Waals surface area contributed by atoms with Gasteiger partial charge in [-0.15, -0.1) is 11.3 Å². The molecule has 4 atom stereocenters. The first-order valence-corrected chi connectivity index (χ1v) is 13.5. The predicted molar refractivity (Wildman–Crippen MR) is 145 cm³/mol. The molecule has 1 amide bonds. The normalized spacial score (nSPS) is 22.3. The summed E-state index contributed by atoms with van der Waals surface area (Å²) >= 11 is 1.32. The quantitative estimate of drug-likeness (QED) is 0.423. The molecule has 3 aromatic rings. The number of aromatic nitrogens is 3. The van der Waals surface area contributed by atoms with Crippen LogP contribution in [0.3, 0.4) is 0 Å². The molecule has 5 rings (SSSR count). The van der Waals surface area contributed by atoms with Crippen LogP contribution in [0.1, 0.15) is 45.8 Å². The number of pyridine rings is 1. The van der Waals surface area contributed by atoms with E-state index in [4.69, 9.17) is 25.9 Å². The van der Waals surface area contributed by atoms with Crippen molar-refractivity contribution in [2.24, 2.45) is 5.73 Å². The van der Waals surface area contributed by atoms with Gasteiger partial charge in [0.1, 0.15) is 21.3 Å². The zero-order chi connectivity index (χ0) is 26.3. The molecule has 1 saturated heterocycles. The molecule has 1 fully saturated rings. The molecule has 11 heteroatoms. The fourth-order valence-corrected chi connectivity index (χ4v) is 6.45. The Labute approximate surface area is 220 Å². The summed E-state index contributed by atoms with van der Waals surface area (Å²) < 4.78 is 11.3. The highest BCUT2D eigenvalue weighted by Crippen LogP contribution is 2.34. The molecule has 0 spiro atoms. The maximum absolute atomic E-state index is 13.1. The minimum atomic E-state index is -0.157. The van der Waals surface area contributed by atoms with Crippen molar-refractivity contribution in [3.63, 3.8) is 0 Å². The number of nitrogens with one attached hydrogen (secondary N) is 1. The highest BCUT2D eigenvalue weighted by atomic mass is 32.1. The Kier molecular flexibility index (Phi) is 7.30. The molecule has 0 radical (unpaired) electrons. The van der Waals surface area contributed by atoms with Gasteiger partial charge < -0.3 is 31.2 Å². The summed E-state index contributed by atoms with van der Waals surface area (Å²) in [5, 5.41) is 3.96. The number of hydrogen-bond acceptors (Lipinski definition) is 10. The zero-order valence-electron chi connectivity index (χ0n) is 21.8. The third kappa shape index (κ3) is 5.26. The fraction of sp³-hybridized carbons (Fsp3) is 0.538. The van der Waals surface area contributed by atoms with Crippen molar-refractivity contribution in [2.75, 3.05) is 37.4 Å². The van der Waals surface area contributed by atoms with E-state index >= 15 is 0 Å². The summed E-state index contributed by atoms with van der Waals surface area (Å²) in [6.07, 6.45) is 2.29. The van der Waals surface area contributed by atoms with Gasteiger partial charge in [-0.05, 0) is 51.7 Å². The SMILES string of the molecule is COCC(C)OC1CN(c2ccc3c(n2)CCC(NC(=O)c2sc4nc(C)nc(C)c4c2N)C3)CC1N. The zero-order valence-corrected chi connectivity index (χ0v) is 22.6. The lowest BCUT2D eigenvalue weighted by Gasteiger charge is -2.26. The van der Waals surface area contributed by atoms with Crippen LogP contribution in [0.5, 0.6) is 0 Å². The van der Waals surface area contributed by atoms with Crippen molar-refractivity contribution in [3.8, 4) is 0 Å². The van der Waals surface area contributed by atoms with Gasteiger partial charge in [0.25, 0.3) is 5.91 Å². The second-order valence-electron chi connectivity index (χ2n) is 10.1. The summed E-state index contributed by atoms with van der Waals surface area (Å²) in [5.41, 5.74) is 16.2. The van der Waals surface area contributed by atoms with E-state index in [-0.39, 0.29) is 30.2 Å². The Morgan fingerprint density at radius 3 is 2.86 bits per heavy atom. The Bertz CT molecular complexity index is 1310. The van der Waals surface area contributed by atoms with E-state index in [2.05, 4.69) is 26.3 Å². The minimum Gasteiger partial charge on any atom is -0.397 e. The lowest BCUT2D eigenvalue weighted by molar-refractivity contribution is -0.0348. The molecule has 0 aromatic carbocycles. The van der Waals surface area contributed by atoms with Gasteiger partial charge in [0.2, 0.25) is 0 Å². The number of nitrogen functional groups attached to an aromatic ring is 1. The van der Waals surface area contributed by atoms with Crippen LogP contribution in [0.4, 0.5) is 11.5 Å². The Hall–Kier alpha value is -2.86. The lowest BCUT2D eigenvalue weighted by Crippen LogP contribution is -2.39. The summed E-state index contributed by atoms with van der Waals surface area (Å²) in [6, 6.07) is 4.12. The maximum Gasteiger partial charge on any atom is 0.263 e. The Morgan fingerprint density at radius 1 is 1.27 bits per heavy atom.